The Morgan fingerprint density at radius 1 is 1.15 bits per heavy atom. The van der Waals surface area contributed by atoms with Crippen LogP contribution in [0.5, 0.6) is 0 Å². The summed E-state index contributed by atoms with van der Waals surface area (Å²) in [6.45, 7) is 1.72. The van der Waals surface area contributed by atoms with Crippen LogP contribution in [0.2, 0.25) is 0 Å². The molecular formula is C19H13FN4O2. The fourth-order valence-electron chi connectivity index (χ4n) is 2.71. The maximum atomic E-state index is 14.2. The van der Waals surface area contributed by atoms with Crippen LogP contribution in [0.3, 0.4) is 0 Å². The van der Waals surface area contributed by atoms with Crippen molar-refractivity contribution in [1.29, 1.82) is 0 Å². The summed E-state index contributed by atoms with van der Waals surface area (Å²) < 4.78 is 19.4. The lowest BCUT2D eigenvalue weighted by Crippen LogP contribution is -2.13. The average Bonchev–Trinajstić information content (AvgIpc) is 3.03. The van der Waals surface area contributed by atoms with Crippen molar-refractivity contribution in [3.63, 3.8) is 0 Å². The second-order valence-electron chi connectivity index (χ2n) is 5.67. The van der Waals surface area contributed by atoms with Crippen molar-refractivity contribution in [3.8, 4) is 11.3 Å². The van der Waals surface area contributed by atoms with Crippen LogP contribution in [0.15, 0.2) is 59.4 Å². The van der Waals surface area contributed by atoms with E-state index in [1.54, 1.807) is 55.7 Å². The number of aryl methyl sites for hydroxylation is 1. The zero-order chi connectivity index (χ0) is 18.1. The number of anilines is 1. The molecule has 1 amide bonds. The molecular weight excluding hydrogens is 335 g/mol. The number of nitrogens with one attached hydrogen (secondary N) is 1. The molecule has 4 rings (SSSR count). The molecule has 0 aliphatic rings. The summed E-state index contributed by atoms with van der Waals surface area (Å²) in [6, 6.07) is 11.1. The third kappa shape index (κ3) is 2.79. The van der Waals surface area contributed by atoms with Gasteiger partial charge in [0.05, 0.1) is 22.3 Å². The van der Waals surface area contributed by atoms with Gasteiger partial charge < -0.3 is 9.84 Å². The number of pyridine rings is 2. The number of halogens is 1. The van der Waals surface area contributed by atoms with Gasteiger partial charge in [-0.25, -0.2) is 9.37 Å². The molecule has 0 aliphatic heterocycles. The highest BCUT2D eigenvalue weighted by molar-refractivity contribution is 6.13. The number of fused-ring (bicyclic) bond motifs is 1. The van der Waals surface area contributed by atoms with E-state index >= 15 is 0 Å². The molecule has 0 saturated carbocycles. The Hall–Kier alpha value is -3.61. The van der Waals surface area contributed by atoms with Crippen LogP contribution < -0.4 is 5.32 Å². The van der Waals surface area contributed by atoms with Gasteiger partial charge in [-0.2, -0.15) is 0 Å². The summed E-state index contributed by atoms with van der Waals surface area (Å²) in [7, 11) is 0. The number of benzene rings is 1. The number of carbonyl (C=O) groups is 1. The summed E-state index contributed by atoms with van der Waals surface area (Å²) in [4.78, 5) is 21.1. The largest absolute Gasteiger partial charge is 0.335 e. The molecule has 6 nitrogen and oxygen atoms in total. The molecule has 128 valence electrons. The van der Waals surface area contributed by atoms with E-state index in [9.17, 15) is 9.18 Å². The van der Waals surface area contributed by atoms with E-state index in [0.29, 0.717) is 28.0 Å². The van der Waals surface area contributed by atoms with Crippen molar-refractivity contribution in [2.45, 2.75) is 6.92 Å². The number of carbonyl (C=O) groups excluding carboxylic acids is 1. The fourth-order valence-corrected chi connectivity index (χ4v) is 2.71. The molecule has 0 spiro atoms. The summed E-state index contributed by atoms with van der Waals surface area (Å²) in [5, 5.41) is 7.17. The highest BCUT2D eigenvalue weighted by Crippen LogP contribution is 2.28. The van der Waals surface area contributed by atoms with Gasteiger partial charge in [-0.3, -0.25) is 9.78 Å². The van der Waals surface area contributed by atoms with Crippen LogP contribution in [0.1, 0.15) is 16.1 Å². The normalized spacial score (nSPS) is 10.8. The van der Waals surface area contributed by atoms with Crippen LogP contribution in [0.4, 0.5) is 10.1 Å². The van der Waals surface area contributed by atoms with Gasteiger partial charge in [0, 0.05) is 23.6 Å². The zero-order valence-electron chi connectivity index (χ0n) is 13.7. The predicted molar refractivity (Wildman–Crippen MR) is 94.1 cm³/mol. The van der Waals surface area contributed by atoms with Gasteiger partial charge in [0.2, 0.25) is 0 Å². The van der Waals surface area contributed by atoms with Crippen LogP contribution in [-0.4, -0.2) is 21.0 Å². The minimum absolute atomic E-state index is 0.183. The van der Waals surface area contributed by atoms with E-state index in [2.05, 4.69) is 20.4 Å². The summed E-state index contributed by atoms with van der Waals surface area (Å²) in [6.07, 6.45) is 3.15. The SMILES string of the molecule is Cc1noc2nc(-c3ccccc3F)cc(C(=O)Nc3ccncc3)c12. The molecule has 4 aromatic rings. The van der Waals surface area contributed by atoms with Crippen molar-refractivity contribution < 1.29 is 13.7 Å². The van der Waals surface area contributed by atoms with Gasteiger partial charge in [0.25, 0.3) is 11.6 Å². The highest BCUT2D eigenvalue weighted by atomic mass is 19.1. The van der Waals surface area contributed by atoms with Crippen LogP contribution in [0, 0.1) is 12.7 Å². The van der Waals surface area contributed by atoms with Crippen molar-refractivity contribution in [3.05, 3.63) is 71.9 Å². The number of hydrogen-bond donors (Lipinski definition) is 1. The number of hydrogen-bond acceptors (Lipinski definition) is 5. The minimum Gasteiger partial charge on any atom is -0.335 e. The first kappa shape index (κ1) is 15.9. The van der Waals surface area contributed by atoms with E-state index in [1.807, 2.05) is 0 Å². The lowest BCUT2D eigenvalue weighted by atomic mass is 10.0. The number of rotatable bonds is 3. The Labute approximate surface area is 147 Å². The first-order chi connectivity index (χ1) is 12.6. The molecule has 26 heavy (non-hydrogen) atoms. The molecule has 0 saturated heterocycles. The average molecular weight is 348 g/mol. The number of aromatic nitrogens is 3. The van der Waals surface area contributed by atoms with Crippen LogP contribution >= 0.6 is 0 Å². The zero-order valence-corrected chi connectivity index (χ0v) is 13.7. The van der Waals surface area contributed by atoms with Crippen molar-refractivity contribution in [1.82, 2.24) is 15.1 Å². The van der Waals surface area contributed by atoms with Gasteiger partial charge in [0.15, 0.2) is 0 Å². The number of nitrogens with zero attached hydrogens (tertiary/aromatic N) is 3. The van der Waals surface area contributed by atoms with Gasteiger partial charge >= 0.3 is 0 Å². The van der Waals surface area contributed by atoms with Crippen molar-refractivity contribution in [2.75, 3.05) is 5.32 Å². The van der Waals surface area contributed by atoms with Crippen LogP contribution in [0.25, 0.3) is 22.4 Å². The molecule has 7 heteroatoms. The standard InChI is InChI=1S/C19H13FN4O2/c1-11-17-14(18(25)22-12-6-8-21-9-7-12)10-16(23-19(17)26-24-11)13-4-2-3-5-15(13)20/h2-10H,1H3,(H,21,22,25). The smallest absolute Gasteiger partial charge is 0.259 e. The fraction of sp³-hybridized carbons (Fsp3) is 0.0526. The van der Waals surface area contributed by atoms with Gasteiger partial charge in [-0.05, 0) is 37.3 Å². The molecule has 3 aromatic heterocycles. The summed E-state index contributed by atoms with van der Waals surface area (Å²) >= 11 is 0. The lowest BCUT2D eigenvalue weighted by molar-refractivity contribution is 0.102. The van der Waals surface area contributed by atoms with E-state index < -0.39 is 5.82 Å². The number of amides is 1. The van der Waals surface area contributed by atoms with E-state index in [1.165, 1.54) is 6.07 Å². The summed E-state index contributed by atoms with van der Waals surface area (Å²) in [5.74, 6) is -0.802. The summed E-state index contributed by atoms with van der Waals surface area (Å²) in [5.41, 5.74) is 2.20. The molecule has 0 fully saturated rings. The van der Waals surface area contributed by atoms with Gasteiger partial charge in [-0.15, -0.1) is 0 Å². The van der Waals surface area contributed by atoms with Crippen LogP contribution in [-0.2, 0) is 0 Å². The Kier molecular flexibility index (Phi) is 3.89. The molecule has 0 bridgehead atoms. The molecule has 0 atom stereocenters. The third-order valence-electron chi connectivity index (χ3n) is 3.95. The van der Waals surface area contributed by atoms with E-state index in [0.717, 1.165) is 0 Å². The first-order valence-electron chi connectivity index (χ1n) is 7.87. The van der Waals surface area contributed by atoms with Crippen molar-refractivity contribution >= 4 is 22.7 Å². The maximum absolute atomic E-state index is 14.2. The van der Waals surface area contributed by atoms with E-state index in [-0.39, 0.29) is 17.2 Å². The molecule has 0 radical (unpaired) electrons. The van der Waals surface area contributed by atoms with Gasteiger partial charge in [-0.1, -0.05) is 17.3 Å². The Morgan fingerprint density at radius 3 is 2.69 bits per heavy atom. The molecule has 1 N–H and O–H groups in total. The third-order valence-corrected chi connectivity index (χ3v) is 3.95. The molecule has 0 aliphatic carbocycles. The molecule has 0 unspecified atom stereocenters. The maximum Gasteiger partial charge on any atom is 0.259 e. The highest BCUT2D eigenvalue weighted by Gasteiger charge is 2.20. The van der Waals surface area contributed by atoms with Gasteiger partial charge in [0.1, 0.15) is 5.82 Å². The Bertz CT molecular complexity index is 1110. The molecule has 1 aromatic carbocycles. The quantitative estimate of drug-likeness (QED) is 0.605. The topological polar surface area (TPSA) is 80.9 Å². The van der Waals surface area contributed by atoms with Crippen molar-refractivity contribution in [2.24, 2.45) is 0 Å². The van der Waals surface area contributed by atoms with E-state index in [4.69, 9.17) is 4.52 Å². The Morgan fingerprint density at radius 2 is 1.92 bits per heavy atom. The molecule has 3 heterocycles. The predicted octanol–water partition coefficient (Wildman–Crippen LogP) is 3.98. The monoisotopic (exact) mass is 348 g/mol. The first-order valence-corrected chi connectivity index (χ1v) is 7.87. The lowest BCUT2D eigenvalue weighted by Gasteiger charge is -2.08. The second kappa shape index (κ2) is 6.36. The minimum atomic E-state index is -0.434. The Balaban J connectivity index is 1.86. The second-order valence-corrected chi connectivity index (χ2v) is 5.67.